The van der Waals surface area contributed by atoms with E-state index in [0.29, 0.717) is 0 Å². The molecule has 29 heavy (non-hydrogen) atoms. The summed E-state index contributed by atoms with van der Waals surface area (Å²) in [6, 6.07) is 8.47. The highest BCUT2D eigenvalue weighted by molar-refractivity contribution is 5.99. The molecule has 1 aromatic rings. The number of carbonyl (C=O) groups excluding carboxylic acids is 3. The Bertz CT molecular complexity index is 827. The van der Waals surface area contributed by atoms with Gasteiger partial charge in [-0.2, -0.15) is 14.2 Å². The first-order valence-corrected chi connectivity index (χ1v) is 10.0. The van der Waals surface area contributed by atoms with E-state index in [1.54, 1.807) is 20.8 Å². The van der Waals surface area contributed by atoms with Gasteiger partial charge in [0, 0.05) is 0 Å². The van der Waals surface area contributed by atoms with Crippen LogP contribution >= 0.6 is 0 Å². The van der Waals surface area contributed by atoms with E-state index >= 15 is 0 Å². The van der Waals surface area contributed by atoms with Crippen molar-refractivity contribution in [2.24, 2.45) is 0 Å². The molecule has 0 bridgehead atoms. The molecule has 2 heterocycles. The van der Waals surface area contributed by atoms with Crippen molar-refractivity contribution in [1.29, 1.82) is 0 Å². The minimum atomic E-state index is -0.822. The van der Waals surface area contributed by atoms with Gasteiger partial charge in [0.05, 0.1) is 11.5 Å². The summed E-state index contributed by atoms with van der Waals surface area (Å²) in [6.07, 6.45) is -1.95. The Morgan fingerprint density at radius 1 is 1.14 bits per heavy atom. The molecular formula is C22H31N2O5+. The van der Waals surface area contributed by atoms with Gasteiger partial charge in [0.1, 0.15) is 5.60 Å². The molecule has 2 saturated heterocycles. The van der Waals surface area contributed by atoms with Crippen LogP contribution in [0.5, 0.6) is 0 Å². The second kappa shape index (κ2) is 6.83. The number of ether oxygens (including phenoxy) is 2. The van der Waals surface area contributed by atoms with E-state index in [1.165, 1.54) is 0 Å². The highest BCUT2D eigenvalue weighted by Gasteiger charge is 2.74. The van der Waals surface area contributed by atoms with Gasteiger partial charge in [0.15, 0.2) is 12.6 Å². The highest BCUT2D eigenvalue weighted by atomic mass is 16.6. The maximum absolute atomic E-state index is 13.7. The number of carbonyl (C=O) groups is 3. The molecule has 2 fully saturated rings. The maximum atomic E-state index is 13.7. The molecule has 0 aromatic heterocycles. The standard InChI is InChI=1S/C22H31N2O5/c1-14(2)24(20(27)29-21(3,4)5)16-13-28-19(26)23(16)18(25)17(24)22(6,7)15-11-9-8-10-12-15/h8-12,14,16-17H,13H2,1-7H3/q+1. The number of cyclic esters (lactones) is 1. The first-order chi connectivity index (χ1) is 13.3. The van der Waals surface area contributed by atoms with Crippen LogP contribution in [0.25, 0.3) is 0 Å². The molecule has 0 saturated carbocycles. The van der Waals surface area contributed by atoms with Crippen molar-refractivity contribution < 1.29 is 28.3 Å². The summed E-state index contributed by atoms with van der Waals surface area (Å²) in [6.45, 7) is 13.0. The summed E-state index contributed by atoms with van der Waals surface area (Å²) in [5, 5.41) is 0. The van der Waals surface area contributed by atoms with Crippen LogP contribution in [0.2, 0.25) is 0 Å². The molecule has 2 aliphatic heterocycles. The third kappa shape index (κ3) is 3.12. The minimum absolute atomic E-state index is 0.0244. The smallest absolute Gasteiger partial charge is 0.440 e. The first-order valence-electron chi connectivity index (χ1n) is 10.0. The molecule has 3 unspecified atom stereocenters. The zero-order chi connectivity index (χ0) is 21.8. The van der Waals surface area contributed by atoms with Gasteiger partial charge in [0.2, 0.25) is 6.17 Å². The summed E-state index contributed by atoms with van der Waals surface area (Å²) < 4.78 is 10.7. The Morgan fingerprint density at radius 3 is 2.24 bits per heavy atom. The summed E-state index contributed by atoms with van der Waals surface area (Å²) >= 11 is 0. The largest absolute Gasteiger partial charge is 0.519 e. The Hall–Kier alpha value is -2.41. The van der Waals surface area contributed by atoms with E-state index in [9.17, 15) is 14.4 Å². The van der Waals surface area contributed by atoms with Crippen LogP contribution in [0.3, 0.4) is 0 Å². The molecule has 0 radical (unpaired) electrons. The van der Waals surface area contributed by atoms with E-state index in [4.69, 9.17) is 9.47 Å². The van der Waals surface area contributed by atoms with Gasteiger partial charge in [-0.05, 0) is 54.0 Å². The zero-order valence-electron chi connectivity index (χ0n) is 18.3. The predicted octanol–water partition coefficient (Wildman–Crippen LogP) is 3.81. The van der Waals surface area contributed by atoms with Gasteiger partial charge in [-0.15, -0.1) is 0 Å². The normalized spacial score (nSPS) is 27.2. The SMILES string of the molecule is CC(C)[N+]1(C(=O)OC(C)(C)C)C2COC(=O)N2C(=O)C1C(C)(C)c1ccccc1. The highest BCUT2D eigenvalue weighted by Crippen LogP contribution is 2.47. The van der Waals surface area contributed by atoms with Crippen molar-refractivity contribution in [3.05, 3.63) is 35.9 Å². The molecule has 158 valence electrons. The fourth-order valence-electron chi connectivity index (χ4n) is 4.74. The lowest BCUT2D eigenvalue weighted by Gasteiger charge is -2.46. The van der Waals surface area contributed by atoms with Crippen LogP contribution < -0.4 is 0 Å². The minimum Gasteiger partial charge on any atom is -0.440 e. The third-order valence-corrected chi connectivity index (χ3v) is 6.01. The molecule has 7 nitrogen and oxygen atoms in total. The van der Waals surface area contributed by atoms with E-state index in [1.807, 2.05) is 58.0 Å². The maximum Gasteiger partial charge on any atom is 0.519 e. The van der Waals surface area contributed by atoms with Crippen LogP contribution in [-0.2, 0) is 19.7 Å². The summed E-state index contributed by atoms with van der Waals surface area (Å²) in [4.78, 5) is 40.9. The second-order valence-electron chi connectivity index (χ2n) is 9.66. The topological polar surface area (TPSA) is 72.9 Å². The number of benzene rings is 1. The van der Waals surface area contributed by atoms with Crippen LogP contribution in [0.4, 0.5) is 9.59 Å². The number of quaternary nitrogens is 1. The number of nitrogens with zero attached hydrogens (tertiary/aromatic N) is 2. The van der Waals surface area contributed by atoms with Gasteiger partial charge >= 0.3 is 12.2 Å². The number of hydrogen-bond acceptors (Lipinski definition) is 5. The average molecular weight is 403 g/mol. The molecular weight excluding hydrogens is 372 g/mol. The van der Waals surface area contributed by atoms with Gasteiger partial charge in [0.25, 0.3) is 5.91 Å². The Balaban J connectivity index is 2.24. The average Bonchev–Trinajstić information content (AvgIpc) is 3.11. The molecule has 3 atom stereocenters. The van der Waals surface area contributed by atoms with Crippen molar-refractivity contribution in [3.8, 4) is 0 Å². The summed E-state index contributed by atoms with van der Waals surface area (Å²) in [5.41, 5.74) is -0.553. The van der Waals surface area contributed by atoms with E-state index in [-0.39, 0.29) is 17.1 Å². The predicted molar refractivity (Wildman–Crippen MR) is 107 cm³/mol. The Labute approximate surface area is 172 Å². The lowest BCUT2D eigenvalue weighted by molar-refractivity contribution is -0.917. The molecule has 0 aliphatic carbocycles. The summed E-state index contributed by atoms with van der Waals surface area (Å²) in [5.74, 6) is -0.397. The van der Waals surface area contributed by atoms with Crippen molar-refractivity contribution in [2.45, 2.75) is 77.7 Å². The van der Waals surface area contributed by atoms with Gasteiger partial charge in [-0.1, -0.05) is 30.3 Å². The van der Waals surface area contributed by atoms with Crippen LogP contribution in [0.15, 0.2) is 30.3 Å². The van der Waals surface area contributed by atoms with E-state index in [0.717, 1.165) is 10.5 Å². The number of hydrogen-bond donors (Lipinski definition) is 0. The van der Waals surface area contributed by atoms with E-state index in [2.05, 4.69) is 0 Å². The fourth-order valence-corrected chi connectivity index (χ4v) is 4.74. The number of fused-ring (bicyclic) bond motifs is 1. The zero-order valence-corrected chi connectivity index (χ0v) is 18.3. The quantitative estimate of drug-likeness (QED) is 0.718. The third-order valence-electron chi connectivity index (χ3n) is 6.01. The lowest BCUT2D eigenvalue weighted by Crippen LogP contribution is -2.70. The lowest BCUT2D eigenvalue weighted by atomic mass is 9.75. The Morgan fingerprint density at radius 2 is 1.72 bits per heavy atom. The van der Waals surface area contributed by atoms with Crippen LogP contribution in [0, 0.1) is 0 Å². The fraction of sp³-hybridized carbons (Fsp3) is 0.591. The molecule has 1 aromatic carbocycles. The number of imide groups is 1. The van der Waals surface area contributed by atoms with Crippen molar-refractivity contribution in [1.82, 2.24) is 4.90 Å². The Kier molecular flexibility index (Phi) is 5.02. The van der Waals surface area contributed by atoms with Crippen LogP contribution in [-0.4, -0.2) is 57.9 Å². The summed E-state index contributed by atoms with van der Waals surface area (Å²) in [7, 11) is 0. The second-order valence-corrected chi connectivity index (χ2v) is 9.66. The molecule has 2 aliphatic rings. The molecule has 3 amide bonds. The van der Waals surface area contributed by atoms with Crippen molar-refractivity contribution >= 4 is 18.1 Å². The van der Waals surface area contributed by atoms with Crippen molar-refractivity contribution in [2.75, 3.05) is 6.61 Å². The molecule has 0 N–H and O–H groups in total. The van der Waals surface area contributed by atoms with Gasteiger partial charge in [-0.3, -0.25) is 4.79 Å². The number of rotatable bonds is 3. The number of amides is 3. The molecule has 3 rings (SSSR count). The van der Waals surface area contributed by atoms with E-state index < -0.39 is 41.3 Å². The molecule has 0 spiro atoms. The van der Waals surface area contributed by atoms with Gasteiger partial charge in [-0.25, -0.2) is 4.79 Å². The molecule has 7 heteroatoms. The van der Waals surface area contributed by atoms with Crippen molar-refractivity contribution in [3.63, 3.8) is 0 Å². The monoisotopic (exact) mass is 403 g/mol. The van der Waals surface area contributed by atoms with Gasteiger partial charge < -0.3 is 9.47 Å². The van der Waals surface area contributed by atoms with Crippen LogP contribution in [0.1, 0.15) is 54.0 Å². The first kappa shape index (κ1) is 21.3.